The third-order valence-corrected chi connectivity index (χ3v) is 3.44. The van der Waals surface area contributed by atoms with Gasteiger partial charge in [-0.15, -0.1) is 0 Å². The van der Waals surface area contributed by atoms with E-state index in [1.807, 2.05) is 30.3 Å². The lowest BCUT2D eigenvalue weighted by Gasteiger charge is -2.04. The molecule has 0 aliphatic carbocycles. The van der Waals surface area contributed by atoms with Crippen LogP contribution in [0.3, 0.4) is 0 Å². The average molecular weight is 290 g/mol. The number of aryl methyl sites for hydroxylation is 1. The molecule has 0 radical (unpaired) electrons. The van der Waals surface area contributed by atoms with Crippen molar-refractivity contribution in [2.75, 3.05) is 6.61 Å². The molecule has 0 fully saturated rings. The highest BCUT2D eigenvalue weighted by molar-refractivity contribution is 6.33. The highest BCUT2D eigenvalue weighted by Crippen LogP contribution is 2.06. The van der Waals surface area contributed by atoms with Crippen molar-refractivity contribution < 1.29 is 14.3 Å². The highest BCUT2D eigenvalue weighted by Gasteiger charge is 2.14. The Morgan fingerprint density at radius 3 is 2.33 bits per heavy atom. The van der Waals surface area contributed by atoms with Crippen LogP contribution in [0.2, 0.25) is 0 Å². The lowest BCUT2D eigenvalue weighted by atomic mass is 10.1. The zero-order valence-corrected chi connectivity index (χ0v) is 13.0. The van der Waals surface area contributed by atoms with Gasteiger partial charge in [-0.3, -0.25) is 4.79 Å². The SMILES string of the molecule is CCCCCCCCOC(=O)C(=O)CCc1ccccc1. The zero-order chi connectivity index (χ0) is 15.3. The van der Waals surface area contributed by atoms with Gasteiger partial charge in [0.05, 0.1) is 6.61 Å². The molecule has 0 aliphatic heterocycles. The molecule has 21 heavy (non-hydrogen) atoms. The lowest BCUT2D eigenvalue weighted by Crippen LogP contribution is -2.18. The van der Waals surface area contributed by atoms with Crippen molar-refractivity contribution in [1.29, 1.82) is 0 Å². The molecule has 1 aromatic rings. The summed E-state index contributed by atoms with van der Waals surface area (Å²) >= 11 is 0. The van der Waals surface area contributed by atoms with E-state index in [0.29, 0.717) is 13.0 Å². The fourth-order valence-corrected chi connectivity index (χ4v) is 2.13. The molecule has 3 heteroatoms. The predicted molar refractivity (Wildman–Crippen MR) is 84.1 cm³/mol. The van der Waals surface area contributed by atoms with Crippen LogP contribution in [0.1, 0.15) is 57.4 Å². The van der Waals surface area contributed by atoms with E-state index in [1.54, 1.807) is 0 Å². The second-order valence-corrected chi connectivity index (χ2v) is 5.31. The van der Waals surface area contributed by atoms with Gasteiger partial charge in [0, 0.05) is 6.42 Å². The Bertz CT molecular complexity index is 412. The van der Waals surface area contributed by atoms with E-state index in [9.17, 15) is 9.59 Å². The molecular formula is C18H26O3. The van der Waals surface area contributed by atoms with E-state index in [4.69, 9.17) is 4.74 Å². The zero-order valence-electron chi connectivity index (χ0n) is 13.0. The number of ether oxygens (including phenoxy) is 1. The van der Waals surface area contributed by atoms with Crippen LogP contribution in [-0.2, 0) is 20.7 Å². The number of carbonyl (C=O) groups is 2. The number of hydrogen-bond donors (Lipinski definition) is 0. The van der Waals surface area contributed by atoms with Gasteiger partial charge in [-0.1, -0.05) is 69.4 Å². The van der Waals surface area contributed by atoms with E-state index in [1.165, 1.54) is 25.7 Å². The molecule has 1 aromatic carbocycles. The summed E-state index contributed by atoms with van der Waals surface area (Å²) in [5.41, 5.74) is 1.06. The summed E-state index contributed by atoms with van der Waals surface area (Å²) in [4.78, 5) is 23.2. The molecule has 0 unspecified atom stereocenters. The van der Waals surface area contributed by atoms with Crippen molar-refractivity contribution in [1.82, 2.24) is 0 Å². The van der Waals surface area contributed by atoms with Gasteiger partial charge in [0.25, 0.3) is 0 Å². The number of unbranched alkanes of at least 4 members (excludes halogenated alkanes) is 5. The van der Waals surface area contributed by atoms with Crippen LogP contribution in [0.25, 0.3) is 0 Å². The molecule has 3 nitrogen and oxygen atoms in total. The van der Waals surface area contributed by atoms with Gasteiger partial charge >= 0.3 is 5.97 Å². The van der Waals surface area contributed by atoms with Gasteiger partial charge in [0.1, 0.15) is 0 Å². The number of esters is 1. The predicted octanol–water partition coefficient (Wildman–Crippen LogP) is 4.09. The Kier molecular flexibility index (Phi) is 9.18. The van der Waals surface area contributed by atoms with Gasteiger partial charge in [-0.2, -0.15) is 0 Å². The van der Waals surface area contributed by atoms with E-state index in [0.717, 1.165) is 18.4 Å². The maximum atomic E-state index is 11.6. The first-order valence-corrected chi connectivity index (χ1v) is 7.98. The summed E-state index contributed by atoms with van der Waals surface area (Å²) in [6, 6.07) is 9.69. The van der Waals surface area contributed by atoms with Crippen LogP contribution in [0, 0.1) is 0 Å². The molecule has 0 aromatic heterocycles. The summed E-state index contributed by atoms with van der Waals surface area (Å²) in [7, 11) is 0. The van der Waals surface area contributed by atoms with E-state index in [-0.39, 0.29) is 6.42 Å². The lowest BCUT2D eigenvalue weighted by molar-refractivity contribution is -0.154. The topological polar surface area (TPSA) is 43.4 Å². The van der Waals surface area contributed by atoms with E-state index in [2.05, 4.69) is 6.92 Å². The monoisotopic (exact) mass is 290 g/mol. The summed E-state index contributed by atoms with van der Waals surface area (Å²) in [6.45, 7) is 2.55. The molecule has 0 heterocycles. The fourth-order valence-electron chi connectivity index (χ4n) is 2.13. The summed E-state index contributed by atoms with van der Waals surface area (Å²) in [5, 5.41) is 0. The third kappa shape index (κ3) is 8.28. The van der Waals surface area contributed by atoms with Gasteiger partial charge in [-0.25, -0.2) is 4.79 Å². The highest BCUT2D eigenvalue weighted by atomic mass is 16.5. The molecular weight excluding hydrogens is 264 g/mol. The van der Waals surface area contributed by atoms with E-state index >= 15 is 0 Å². The second-order valence-electron chi connectivity index (χ2n) is 5.31. The first-order valence-electron chi connectivity index (χ1n) is 7.98. The Labute approximate surface area is 127 Å². The van der Waals surface area contributed by atoms with Crippen molar-refractivity contribution in [3.63, 3.8) is 0 Å². The minimum Gasteiger partial charge on any atom is -0.460 e. The van der Waals surface area contributed by atoms with Gasteiger partial charge in [-0.05, 0) is 18.4 Å². The van der Waals surface area contributed by atoms with Crippen molar-refractivity contribution in [3.8, 4) is 0 Å². The quantitative estimate of drug-likeness (QED) is 0.350. The Hall–Kier alpha value is -1.64. The number of carbonyl (C=O) groups excluding carboxylic acids is 2. The van der Waals surface area contributed by atoms with Crippen LogP contribution in [-0.4, -0.2) is 18.4 Å². The number of ketones is 1. The molecule has 0 spiro atoms. The normalized spacial score (nSPS) is 10.3. The smallest absolute Gasteiger partial charge is 0.374 e. The number of rotatable bonds is 11. The summed E-state index contributed by atoms with van der Waals surface area (Å²) in [6.07, 6.45) is 7.62. The van der Waals surface area contributed by atoms with Crippen molar-refractivity contribution in [2.24, 2.45) is 0 Å². The molecule has 0 amide bonds. The van der Waals surface area contributed by atoms with Gasteiger partial charge in [0.2, 0.25) is 5.78 Å². The Morgan fingerprint density at radius 1 is 0.952 bits per heavy atom. The first-order chi connectivity index (χ1) is 10.2. The van der Waals surface area contributed by atoms with Crippen LogP contribution >= 0.6 is 0 Å². The minimum atomic E-state index is -0.681. The molecule has 116 valence electrons. The maximum absolute atomic E-state index is 11.6. The molecule has 0 atom stereocenters. The Balaban J connectivity index is 2.07. The van der Waals surface area contributed by atoms with Crippen molar-refractivity contribution >= 4 is 11.8 Å². The fraction of sp³-hybridized carbons (Fsp3) is 0.556. The molecule has 1 rings (SSSR count). The molecule has 0 saturated heterocycles. The molecule has 0 saturated carbocycles. The van der Waals surface area contributed by atoms with Crippen molar-refractivity contribution in [3.05, 3.63) is 35.9 Å². The van der Waals surface area contributed by atoms with Crippen LogP contribution in [0.5, 0.6) is 0 Å². The molecule has 0 N–H and O–H groups in total. The standard InChI is InChI=1S/C18H26O3/c1-2-3-4-5-6-10-15-21-18(20)17(19)14-13-16-11-8-7-9-12-16/h7-9,11-12H,2-6,10,13-15H2,1H3. The molecule has 0 aliphatic rings. The van der Waals surface area contributed by atoms with Crippen LogP contribution in [0.15, 0.2) is 30.3 Å². The van der Waals surface area contributed by atoms with Crippen molar-refractivity contribution in [2.45, 2.75) is 58.3 Å². The second kappa shape index (κ2) is 11.1. The average Bonchev–Trinajstić information content (AvgIpc) is 2.52. The van der Waals surface area contributed by atoms with E-state index < -0.39 is 11.8 Å². The third-order valence-electron chi connectivity index (χ3n) is 3.44. The first kappa shape index (κ1) is 17.4. The van der Waals surface area contributed by atoms with Crippen LogP contribution in [0.4, 0.5) is 0 Å². The maximum Gasteiger partial charge on any atom is 0.374 e. The number of Topliss-reactive ketones (excluding diaryl/α,β-unsaturated/α-hetero) is 1. The molecule has 0 bridgehead atoms. The largest absolute Gasteiger partial charge is 0.460 e. The van der Waals surface area contributed by atoms with Gasteiger partial charge < -0.3 is 4.74 Å². The number of hydrogen-bond acceptors (Lipinski definition) is 3. The summed E-state index contributed by atoms with van der Waals surface area (Å²) in [5.74, 6) is -1.11. The summed E-state index contributed by atoms with van der Waals surface area (Å²) < 4.78 is 5.01. The van der Waals surface area contributed by atoms with Crippen LogP contribution < -0.4 is 0 Å². The Morgan fingerprint density at radius 2 is 1.62 bits per heavy atom. The van der Waals surface area contributed by atoms with Gasteiger partial charge in [0.15, 0.2) is 0 Å². The minimum absolute atomic E-state index is 0.222. The number of benzene rings is 1.